The molecule has 0 amide bonds. The lowest BCUT2D eigenvalue weighted by Crippen LogP contribution is -2.40. The number of carbonyl (C=O) groups is 3. The van der Waals surface area contributed by atoms with Crippen LogP contribution >= 0.6 is 0 Å². The normalized spacial score (nSPS) is 15.8. The zero-order chi connectivity index (χ0) is 21.0. The van der Waals surface area contributed by atoms with Crippen LogP contribution in [0.4, 0.5) is 0 Å². The molecule has 1 aromatic heterocycles. The van der Waals surface area contributed by atoms with Crippen molar-refractivity contribution in [3.8, 4) is 0 Å². The van der Waals surface area contributed by atoms with Crippen molar-refractivity contribution >= 4 is 27.6 Å². The van der Waals surface area contributed by atoms with Gasteiger partial charge in [-0.1, -0.05) is 12.1 Å². The quantitative estimate of drug-likeness (QED) is 0.544. The molecule has 1 saturated heterocycles. The summed E-state index contributed by atoms with van der Waals surface area (Å²) in [5.74, 6) is -1.49. The summed E-state index contributed by atoms with van der Waals surface area (Å²) in [6, 6.07) is 9.20. The van der Waals surface area contributed by atoms with E-state index in [1.807, 2.05) is 0 Å². The van der Waals surface area contributed by atoms with Crippen LogP contribution in [0.3, 0.4) is 0 Å². The Morgan fingerprint density at radius 2 is 1.86 bits per heavy atom. The number of piperidine rings is 1. The van der Waals surface area contributed by atoms with Crippen LogP contribution in [0.2, 0.25) is 0 Å². The maximum absolute atomic E-state index is 12.8. The standard InChI is InChI=1S/C20H22N2O6S/c1-14(23)16-4-2-5-17(12-16)29(26,27)22-10-7-15(8-11-22)20(25)28-13-19(24)18-6-3-9-21-18/h2-6,9,12,15,21H,7-8,10-11,13H2,1H3. The summed E-state index contributed by atoms with van der Waals surface area (Å²) in [6.45, 7) is 1.35. The Kier molecular flexibility index (Phi) is 6.29. The number of aromatic nitrogens is 1. The number of rotatable bonds is 7. The second-order valence-corrected chi connectivity index (χ2v) is 8.81. The first-order chi connectivity index (χ1) is 13.8. The lowest BCUT2D eigenvalue weighted by molar-refractivity contribution is -0.148. The Hall–Kier alpha value is -2.78. The molecule has 9 heteroatoms. The number of nitrogens with zero attached hydrogens (tertiary/aromatic N) is 1. The van der Waals surface area contributed by atoms with Gasteiger partial charge in [0.05, 0.1) is 16.5 Å². The van der Waals surface area contributed by atoms with E-state index in [0.29, 0.717) is 24.1 Å². The van der Waals surface area contributed by atoms with E-state index in [-0.39, 0.29) is 36.2 Å². The summed E-state index contributed by atoms with van der Waals surface area (Å²) < 4.78 is 32.1. The van der Waals surface area contributed by atoms with E-state index in [0.717, 1.165) is 0 Å². The molecule has 3 rings (SSSR count). The van der Waals surface area contributed by atoms with Crippen molar-refractivity contribution in [2.24, 2.45) is 5.92 Å². The fourth-order valence-electron chi connectivity index (χ4n) is 3.19. The van der Waals surface area contributed by atoms with Gasteiger partial charge in [-0.15, -0.1) is 0 Å². The van der Waals surface area contributed by atoms with Crippen LogP contribution < -0.4 is 0 Å². The van der Waals surface area contributed by atoms with Gasteiger partial charge in [-0.25, -0.2) is 8.42 Å². The minimum absolute atomic E-state index is 0.0581. The van der Waals surface area contributed by atoms with E-state index < -0.39 is 21.9 Å². The maximum Gasteiger partial charge on any atom is 0.309 e. The molecule has 1 aliphatic rings. The molecule has 1 aliphatic heterocycles. The summed E-state index contributed by atoms with van der Waals surface area (Å²) in [5.41, 5.74) is 0.697. The van der Waals surface area contributed by atoms with Crippen LogP contribution in [0, 0.1) is 5.92 Å². The van der Waals surface area contributed by atoms with Gasteiger partial charge in [-0.05, 0) is 44.0 Å². The molecule has 1 aromatic carbocycles. The molecular weight excluding hydrogens is 396 g/mol. The molecule has 2 aromatic rings. The van der Waals surface area contributed by atoms with Gasteiger partial charge in [0.15, 0.2) is 12.4 Å². The van der Waals surface area contributed by atoms with Crippen molar-refractivity contribution in [1.82, 2.24) is 9.29 Å². The predicted molar refractivity (Wildman–Crippen MR) is 104 cm³/mol. The average Bonchev–Trinajstić information content (AvgIpc) is 3.27. The molecule has 2 heterocycles. The number of nitrogens with one attached hydrogen (secondary N) is 1. The van der Waals surface area contributed by atoms with Crippen LogP contribution in [0.15, 0.2) is 47.5 Å². The van der Waals surface area contributed by atoms with Crippen molar-refractivity contribution < 1.29 is 27.5 Å². The second-order valence-electron chi connectivity index (χ2n) is 6.88. The van der Waals surface area contributed by atoms with Crippen molar-refractivity contribution in [2.45, 2.75) is 24.7 Å². The van der Waals surface area contributed by atoms with Gasteiger partial charge in [0.1, 0.15) is 0 Å². The van der Waals surface area contributed by atoms with Crippen molar-refractivity contribution in [2.75, 3.05) is 19.7 Å². The molecular formula is C20H22N2O6S. The average molecular weight is 418 g/mol. The summed E-state index contributed by atoms with van der Waals surface area (Å²) >= 11 is 0. The molecule has 29 heavy (non-hydrogen) atoms. The largest absolute Gasteiger partial charge is 0.457 e. The molecule has 0 atom stereocenters. The number of ether oxygens (including phenoxy) is 1. The van der Waals surface area contributed by atoms with E-state index in [2.05, 4.69) is 4.98 Å². The van der Waals surface area contributed by atoms with Gasteiger partial charge in [-0.2, -0.15) is 4.31 Å². The smallest absolute Gasteiger partial charge is 0.309 e. The van der Waals surface area contributed by atoms with Gasteiger partial charge >= 0.3 is 5.97 Å². The number of H-pyrrole nitrogens is 1. The molecule has 0 aliphatic carbocycles. The summed E-state index contributed by atoms with van der Waals surface area (Å²) in [5, 5.41) is 0. The highest BCUT2D eigenvalue weighted by Gasteiger charge is 2.33. The highest BCUT2D eigenvalue weighted by molar-refractivity contribution is 7.89. The topological polar surface area (TPSA) is 114 Å². The van der Waals surface area contributed by atoms with E-state index in [1.54, 1.807) is 24.4 Å². The van der Waals surface area contributed by atoms with Gasteiger partial charge < -0.3 is 9.72 Å². The molecule has 0 radical (unpaired) electrons. The lowest BCUT2D eigenvalue weighted by atomic mass is 9.98. The maximum atomic E-state index is 12.8. The Bertz CT molecular complexity index is 1010. The third kappa shape index (κ3) is 4.80. The Morgan fingerprint density at radius 3 is 2.48 bits per heavy atom. The second kappa shape index (κ2) is 8.71. The van der Waals surface area contributed by atoms with Crippen LogP contribution in [-0.4, -0.2) is 54.9 Å². The summed E-state index contributed by atoms with van der Waals surface area (Å²) in [4.78, 5) is 38.4. The van der Waals surface area contributed by atoms with Crippen LogP contribution in [0.1, 0.15) is 40.6 Å². The van der Waals surface area contributed by atoms with E-state index in [1.165, 1.54) is 29.4 Å². The van der Waals surface area contributed by atoms with Gasteiger partial charge in [-0.3, -0.25) is 14.4 Å². The minimum atomic E-state index is -3.75. The predicted octanol–water partition coefficient (Wildman–Crippen LogP) is 2.04. The number of ketones is 2. The van der Waals surface area contributed by atoms with Crippen LogP contribution in [-0.2, 0) is 19.6 Å². The van der Waals surface area contributed by atoms with E-state index in [9.17, 15) is 22.8 Å². The van der Waals surface area contributed by atoms with Crippen LogP contribution in [0.5, 0.6) is 0 Å². The number of esters is 1. The summed E-state index contributed by atoms with van der Waals surface area (Å²) in [6.07, 6.45) is 2.22. The lowest BCUT2D eigenvalue weighted by Gasteiger charge is -2.30. The fourth-order valence-corrected chi connectivity index (χ4v) is 4.71. The Balaban J connectivity index is 1.56. The number of carbonyl (C=O) groups excluding carboxylic acids is 3. The van der Waals surface area contributed by atoms with E-state index in [4.69, 9.17) is 4.74 Å². The molecule has 8 nitrogen and oxygen atoms in total. The minimum Gasteiger partial charge on any atom is -0.457 e. The zero-order valence-corrected chi connectivity index (χ0v) is 16.8. The van der Waals surface area contributed by atoms with E-state index >= 15 is 0 Å². The van der Waals surface area contributed by atoms with Gasteiger partial charge in [0.2, 0.25) is 15.8 Å². The highest BCUT2D eigenvalue weighted by Crippen LogP contribution is 2.25. The number of benzene rings is 1. The molecule has 154 valence electrons. The third-order valence-electron chi connectivity index (χ3n) is 4.91. The third-order valence-corrected chi connectivity index (χ3v) is 6.80. The number of hydrogen-bond donors (Lipinski definition) is 1. The monoisotopic (exact) mass is 418 g/mol. The zero-order valence-electron chi connectivity index (χ0n) is 16.0. The molecule has 0 spiro atoms. The first-order valence-electron chi connectivity index (χ1n) is 9.23. The number of hydrogen-bond acceptors (Lipinski definition) is 6. The highest BCUT2D eigenvalue weighted by atomic mass is 32.2. The number of sulfonamides is 1. The molecule has 0 saturated carbocycles. The van der Waals surface area contributed by atoms with Crippen molar-refractivity contribution in [1.29, 1.82) is 0 Å². The number of Topliss-reactive ketones (excluding diaryl/α,β-unsaturated/α-hetero) is 2. The van der Waals surface area contributed by atoms with Gasteiger partial charge in [0.25, 0.3) is 0 Å². The summed E-state index contributed by atoms with van der Waals surface area (Å²) in [7, 11) is -3.75. The fraction of sp³-hybridized carbons (Fsp3) is 0.350. The SMILES string of the molecule is CC(=O)c1cccc(S(=O)(=O)N2CCC(C(=O)OCC(=O)c3ccc[nH]3)CC2)c1. The molecule has 1 fully saturated rings. The van der Waals surface area contributed by atoms with Crippen LogP contribution in [0.25, 0.3) is 0 Å². The number of aromatic amines is 1. The van der Waals surface area contributed by atoms with Gasteiger partial charge in [0, 0.05) is 24.8 Å². The first kappa shape index (κ1) is 20.9. The molecule has 0 bridgehead atoms. The molecule has 1 N–H and O–H groups in total. The first-order valence-corrected chi connectivity index (χ1v) is 10.7. The Morgan fingerprint density at radius 1 is 1.14 bits per heavy atom. The van der Waals surface area contributed by atoms with Crippen molar-refractivity contribution in [3.05, 3.63) is 53.9 Å². The van der Waals surface area contributed by atoms with Crippen molar-refractivity contribution in [3.63, 3.8) is 0 Å². The Labute approximate surface area is 168 Å². The molecule has 0 unspecified atom stereocenters.